The molecule has 0 aromatic heterocycles. The molecule has 2 N–H and O–H groups in total. The summed E-state index contributed by atoms with van der Waals surface area (Å²) >= 11 is 0. The van der Waals surface area contributed by atoms with E-state index < -0.39 is 5.41 Å². The lowest BCUT2D eigenvalue weighted by atomic mass is 9.62. The molecule has 0 spiro atoms. The molecule has 1 heterocycles. The molecule has 1 fully saturated rings. The third-order valence-electron chi connectivity index (χ3n) is 9.12. The predicted molar refractivity (Wildman–Crippen MR) is 167 cm³/mol. The second kappa shape index (κ2) is 12.7. The lowest BCUT2D eigenvalue weighted by Gasteiger charge is -2.43. The van der Waals surface area contributed by atoms with E-state index in [-0.39, 0.29) is 17.9 Å². The molecule has 1 aliphatic heterocycles. The van der Waals surface area contributed by atoms with Crippen LogP contribution in [0.3, 0.4) is 0 Å². The molecule has 2 atom stereocenters. The van der Waals surface area contributed by atoms with Gasteiger partial charge < -0.3 is 15.5 Å². The van der Waals surface area contributed by atoms with Crippen molar-refractivity contribution in [3.05, 3.63) is 143 Å². The van der Waals surface area contributed by atoms with Crippen molar-refractivity contribution in [3.8, 4) is 0 Å². The van der Waals surface area contributed by atoms with Crippen LogP contribution in [0.15, 0.2) is 115 Å². The Kier molecular flexibility index (Phi) is 8.47. The van der Waals surface area contributed by atoms with Crippen LogP contribution in [0.2, 0.25) is 0 Å². The molecule has 6 rings (SSSR count). The van der Waals surface area contributed by atoms with Crippen LogP contribution in [-0.2, 0) is 16.8 Å². The van der Waals surface area contributed by atoms with Gasteiger partial charge in [0.1, 0.15) is 0 Å². The summed E-state index contributed by atoms with van der Waals surface area (Å²) in [5, 5.41) is 6.52. The fourth-order valence-corrected chi connectivity index (χ4v) is 6.86. The van der Waals surface area contributed by atoms with E-state index in [1.54, 1.807) is 0 Å². The first kappa shape index (κ1) is 27.9. The number of nitrogens with zero attached hydrogens (tertiary/aromatic N) is 1. The highest BCUT2D eigenvalue weighted by Crippen LogP contribution is 2.47. The number of likely N-dealkylation sites (tertiary alicyclic amines) is 1. The number of piperidine rings is 1. The summed E-state index contributed by atoms with van der Waals surface area (Å²) < 4.78 is 0. The normalized spacial score (nSPS) is 20.8. The topological polar surface area (TPSA) is 61.4 Å². The largest absolute Gasteiger partial charge is 0.351 e. The standard InChI is InChI=1S/C37H39N3O2/c41-35(29-14-6-2-7-15-29)39-32-21-24-40(25-22-32)27-30-20-23-37(31-16-8-3-9-17-31,34-19-11-10-18-33(30)34)36(42)38-26-28-12-4-1-5-13-28/h1-19,30,32H,20-27H2,(H,38,42)(H,39,41). The highest BCUT2D eigenvalue weighted by Gasteiger charge is 2.47. The maximum atomic E-state index is 14.2. The van der Waals surface area contributed by atoms with E-state index in [4.69, 9.17) is 0 Å². The van der Waals surface area contributed by atoms with Gasteiger partial charge in [0.05, 0.1) is 5.41 Å². The number of nitrogens with one attached hydrogen (secondary N) is 2. The van der Waals surface area contributed by atoms with Gasteiger partial charge in [0.2, 0.25) is 5.91 Å². The van der Waals surface area contributed by atoms with E-state index >= 15 is 0 Å². The zero-order chi connectivity index (χ0) is 28.8. The van der Waals surface area contributed by atoms with Gasteiger partial charge in [0.25, 0.3) is 5.91 Å². The van der Waals surface area contributed by atoms with E-state index in [1.165, 1.54) is 5.56 Å². The highest BCUT2D eigenvalue weighted by molar-refractivity contribution is 5.94. The predicted octanol–water partition coefficient (Wildman–Crippen LogP) is 6.06. The van der Waals surface area contributed by atoms with E-state index in [0.29, 0.717) is 18.0 Å². The van der Waals surface area contributed by atoms with Crippen molar-refractivity contribution >= 4 is 11.8 Å². The minimum atomic E-state index is -0.724. The van der Waals surface area contributed by atoms with Gasteiger partial charge in [-0.25, -0.2) is 0 Å². The molecule has 0 saturated carbocycles. The van der Waals surface area contributed by atoms with Gasteiger partial charge in [0.15, 0.2) is 0 Å². The molecule has 4 aromatic rings. The molecule has 1 aliphatic carbocycles. The van der Waals surface area contributed by atoms with Crippen LogP contribution in [0.25, 0.3) is 0 Å². The van der Waals surface area contributed by atoms with Gasteiger partial charge in [-0.1, -0.05) is 103 Å². The zero-order valence-electron chi connectivity index (χ0n) is 24.0. The molecule has 0 radical (unpaired) electrons. The molecule has 4 aromatic carbocycles. The lowest BCUT2D eigenvalue weighted by molar-refractivity contribution is -0.126. The number of fused-ring (bicyclic) bond motifs is 1. The van der Waals surface area contributed by atoms with Crippen molar-refractivity contribution in [1.82, 2.24) is 15.5 Å². The minimum absolute atomic E-state index is 0.0121. The van der Waals surface area contributed by atoms with Crippen LogP contribution in [0.1, 0.15) is 64.2 Å². The first-order valence-electron chi connectivity index (χ1n) is 15.2. The van der Waals surface area contributed by atoms with Crippen molar-refractivity contribution in [2.75, 3.05) is 19.6 Å². The van der Waals surface area contributed by atoms with Crippen LogP contribution >= 0.6 is 0 Å². The first-order valence-corrected chi connectivity index (χ1v) is 15.2. The summed E-state index contributed by atoms with van der Waals surface area (Å²) in [5.74, 6) is 0.437. The van der Waals surface area contributed by atoms with Gasteiger partial charge in [-0.15, -0.1) is 0 Å². The van der Waals surface area contributed by atoms with Crippen LogP contribution in [0, 0.1) is 0 Å². The Labute approximate surface area is 249 Å². The average Bonchev–Trinajstić information content (AvgIpc) is 3.06. The maximum Gasteiger partial charge on any atom is 0.251 e. The summed E-state index contributed by atoms with van der Waals surface area (Å²) in [5.41, 5.74) is 4.55. The lowest BCUT2D eigenvalue weighted by Crippen LogP contribution is -2.49. The van der Waals surface area contributed by atoms with Crippen LogP contribution < -0.4 is 10.6 Å². The molecular weight excluding hydrogens is 518 g/mol. The van der Waals surface area contributed by atoms with Gasteiger partial charge in [0, 0.05) is 37.8 Å². The Balaban J connectivity index is 1.17. The Morgan fingerprint density at radius 1 is 0.738 bits per heavy atom. The minimum Gasteiger partial charge on any atom is -0.351 e. The number of amides is 2. The van der Waals surface area contributed by atoms with E-state index in [1.807, 2.05) is 66.7 Å². The fraction of sp³-hybridized carbons (Fsp3) is 0.297. The molecular formula is C37H39N3O2. The van der Waals surface area contributed by atoms with E-state index in [9.17, 15) is 9.59 Å². The molecule has 2 amide bonds. The third kappa shape index (κ3) is 5.88. The zero-order valence-corrected chi connectivity index (χ0v) is 24.0. The second-order valence-electron chi connectivity index (χ2n) is 11.7. The van der Waals surface area contributed by atoms with Gasteiger partial charge in [-0.2, -0.15) is 0 Å². The van der Waals surface area contributed by atoms with Crippen molar-refractivity contribution in [2.24, 2.45) is 0 Å². The Morgan fingerprint density at radius 2 is 1.36 bits per heavy atom. The van der Waals surface area contributed by atoms with Crippen molar-refractivity contribution in [2.45, 2.75) is 49.6 Å². The average molecular weight is 558 g/mol. The summed E-state index contributed by atoms with van der Waals surface area (Å²) in [4.78, 5) is 29.4. The van der Waals surface area contributed by atoms with Gasteiger partial charge in [-0.3, -0.25) is 9.59 Å². The number of benzene rings is 4. The number of carbonyl (C=O) groups is 2. The first-order chi connectivity index (χ1) is 20.6. The summed E-state index contributed by atoms with van der Waals surface area (Å²) in [6.07, 6.45) is 3.60. The molecule has 42 heavy (non-hydrogen) atoms. The Bertz CT molecular complexity index is 1480. The van der Waals surface area contributed by atoms with Crippen molar-refractivity contribution in [3.63, 3.8) is 0 Å². The van der Waals surface area contributed by atoms with Gasteiger partial charge >= 0.3 is 0 Å². The van der Waals surface area contributed by atoms with Crippen LogP contribution in [-0.4, -0.2) is 42.4 Å². The monoisotopic (exact) mass is 557 g/mol. The Hall–Kier alpha value is -4.22. The number of hydrogen-bond donors (Lipinski definition) is 2. The van der Waals surface area contributed by atoms with E-state index in [2.05, 4.69) is 64.1 Å². The van der Waals surface area contributed by atoms with Crippen molar-refractivity contribution < 1.29 is 9.59 Å². The smallest absolute Gasteiger partial charge is 0.251 e. The summed E-state index contributed by atoms with van der Waals surface area (Å²) in [6.45, 7) is 3.39. The summed E-state index contributed by atoms with van der Waals surface area (Å²) in [6, 6.07) is 38.7. The summed E-state index contributed by atoms with van der Waals surface area (Å²) in [7, 11) is 0. The Morgan fingerprint density at radius 3 is 2.07 bits per heavy atom. The van der Waals surface area contributed by atoms with Crippen LogP contribution in [0.5, 0.6) is 0 Å². The molecule has 2 aliphatic rings. The van der Waals surface area contributed by atoms with Gasteiger partial charge in [-0.05, 0) is 66.0 Å². The number of hydrogen-bond acceptors (Lipinski definition) is 3. The SMILES string of the molecule is O=C(NC1CCN(CC2CCC(C(=O)NCc3ccccc3)(c3ccccc3)c3ccccc32)CC1)c1ccccc1. The van der Waals surface area contributed by atoms with Crippen molar-refractivity contribution in [1.29, 1.82) is 0 Å². The fourth-order valence-electron chi connectivity index (χ4n) is 6.86. The maximum absolute atomic E-state index is 14.2. The highest BCUT2D eigenvalue weighted by atomic mass is 16.2. The molecule has 5 heteroatoms. The quantitative estimate of drug-likeness (QED) is 0.277. The molecule has 2 unspecified atom stereocenters. The third-order valence-corrected chi connectivity index (χ3v) is 9.12. The number of rotatable bonds is 8. The molecule has 5 nitrogen and oxygen atoms in total. The molecule has 1 saturated heterocycles. The second-order valence-corrected chi connectivity index (χ2v) is 11.7. The number of carbonyl (C=O) groups excluding carboxylic acids is 2. The molecule has 0 bridgehead atoms. The van der Waals surface area contributed by atoms with Crippen LogP contribution in [0.4, 0.5) is 0 Å². The van der Waals surface area contributed by atoms with E-state index in [0.717, 1.165) is 62.0 Å². The molecule has 214 valence electrons.